The van der Waals surface area contributed by atoms with Crippen molar-refractivity contribution >= 4 is 22.6 Å². The monoisotopic (exact) mass is 475 g/mol. The van der Waals surface area contributed by atoms with Crippen LogP contribution < -0.4 is 4.90 Å². The molecule has 1 aliphatic heterocycles. The molecule has 0 amide bonds. The summed E-state index contributed by atoms with van der Waals surface area (Å²) in [6.45, 7) is 12.7. The zero-order valence-electron chi connectivity index (χ0n) is 21.8. The molecule has 188 valence electrons. The Hall–Kier alpha value is -2.79. The zero-order chi connectivity index (χ0) is 24.6. The van der Waals surface area contributed by atoms with E-state index in [4.69, 9.17) is 4.74 Å². The molecule has 5 heteroatoms. The van der Waals surface area contributed by atoms with E-state index in [0.29, 0.717) is 6.61 Å². The van der Waals surface area contributed by atoms with E-state index in [1.807, 2.05) is 6.07 Å². The molecule has 0 N–H and O–H groups in total. The predicted molar refractivity (Wildman–Crippen MR) is 145 cm³/mol. The molecule has 0 atom stereocenters. The number of unbranched alkanes of at least 4 members (excludes halogenated alkanes) is 3. The maximum atomic E-state index is 12.4. The minimum absolute atomic E-state index is 0.142. The lowest BCUT2D eigenvalue weighted by atomic mass is 10.1. The van der Waals surface area contributed by atoms with Crippen LogP contribution in [0.25, 0.3) is 10.9 Å². The van der Waals surface area contributed by atoms with Gasteiger partial charge in [0.05, 0.1) is 6.61 Å². The highest BCUT2D eigenvalue weighted by Gasteiger charge is 2.19. The Labute approximate surface area is 210 Å². The summed E-state index contributed by atoms with van der Waals surface area (Å²) in [5, 5.41) is 1.25. The van der Waals surface area contributed by atoms with Crippen LogP contribution in [-0.2, 0) is 22.5 Å². The molecule has 0 aliphatic carbocycles. The van der Waals surface area contributed by atoms with Crippen molar-refractivity contribution in [3.8, 4) is 0 Å². The molecule has 1 aliphatic rings. The van der Waals surface area contributed by atoms with Gasteiger partial charge in [0.25, 0.3) is 0 Å². The lowest BCUT2D eigenvalue weighted by Crippen LogP contribution is -2.47. The van der Waals surface area contributed by atoms with Gasteiger partial charge in [0, 0.05) is 55.5 Å². The number of hydrogen-bond donors (Lipinski definition) is 0. The van der Waals surface area contributed by atoms with E-state index < -0.39 is 0 Å². The van der Waals surface area contributed by atoms with Gasteiger partial charge < -0.3 is 14.2 Å². The summed E-state index contributed by atoms with van der Waals surface area (Å²) in [5.41, 5.74) is 6.57. The molecule has 0 unspecified atom stereocenters. The number of fused-ring (bicyclic) bond motifs is 1. The molecule has 3 aromatic rings. The maximum absolute atomic E-state index is 12.4. The number of carbonyl (C=O) groups excluding carboxylic acids is 1. The molecular weight excluding hydrogens is 434 g/mol. The van der Waals surface area contributed by atoms with E-state index in [1.165, 1.54) is 40.6 Å². The third-order valence-electron chi connectivity index (χ3n) is 7.42. The number of para-hydroxylation sites is 1. The van der Waals surface area contributed by atoms with Gasteiger partial charge in [-0.1, -0.05) is 56.5 Å². The number of nitrogens with zero attached hydrogens (tertiary/aromatic N) is 3. The smallest absolute Gasteiger partial charge is 0.325 e. The first-order valence-electron chi connectivity index (χ1n) is 13.3. The van der Waals surface area contributed by atoms with Crippen molar-refractivity contribution in [3.63, 3.8) is 0 Å². The second-order valence-corrected chi connectivity index (χ2v) is 9.88. The molecule has 1 aromatic heterocycles. The molecule has 0 saturated carbocycles. The molecule has 0 bridgehead atoms. The number of esters is 1. The number of carbonyl (C=O) groups is 1. The van der Waals surface area contributed by atoms with Crippen molar-refractivity contribution < 1.29 is 9.53 Å². The van der Waals surface area contributed by atoms with Crippen molar-refractivity contribution in [1.29, 1.82) is 0 Å². The highest BCUT2D eigenvalue weighted by Crippen LogP contribution is 2.25. The Morgan fingerprint density at radius 3 is 2.54 bits per heavy atom. The van der Waals surface area contributed by atoms with E-state index >= 15 is 0 Å². The average Bonchev–Trinajstić information content (AvgIpc) is 3.22. The lowest BCUT2D eigenvalue weighted by molar-refractivity contribution is -0.144. The second-order valence-electron chi connectivity index (χ2n) is 9.88. The van der Waals surface area contributed by atoms with Gasteiger partial charge in [0.15, 0.2) is 0 Å². The van der Waals surface area contributed by atoms with Crippen LogP contribution >= 0.6 is 0 Å². The summed E-state index contributed by atoms with van der Waals surface area (Å²) in [6.07, 6.45) is 7.61. The number of hydrogen-bond acceptors (Lipinski definition) is 4. The summed E-state index contributed by atoms with van der Waals surface area (Å²) >= 11 is 0. The number of piperazine rings is 1. The molecular formula is C30H41N3O2. The number of benzene rings is 2. The summed E-state index contributed by atoms with van der Waals surface area (Å²) < 4.78 is 7.56. The standard InChI is InChI=1S/C30H41N3O2/c1-4-5-6-9-21-35-30(34)23-33-22-26(27-12-7-8-13-29(27)33)15-16-31-17-19-32(20-18-31)28-14-10-11-24(2)25(28)3/h7-8,10-14,22H,4-6,9,15-21,23H2,1-3H3. The van der Waals surface area contributed by atoms with Crippen LogP contribution in [-0.4, -0.2) is 54.8 Å². The van der Waals surface area contributed by atoms with Crippen LogP contribution in [0.5, 0.6) is 0 Å². The third-order valence-corrected chi connectivity index (χ3v) is 7.42. The molecule has 2 heterocycles. The van der Waals surface area contributed by atoms with Gasteiger partial charge in [-0.05, 0) is 55.5 Å². The number of ether oxygens (including phenoxy) is 1. The number of rotatable bonds is 11. The van der Waals surface area contributed by atoms with Gasteiger partial charge in [0.1, 0.15) is 6.54 Å². The van der Waals surface area contributed by atoms with Gasteiger partial charge in [-0.25, -0.2) is 0 Å². The topological polar surface area (TPSA) is 37.7 Å². The fourth-order valence-electron chi connectivity index (χ4n) is 5.12. The molecule has 0 radical (unpaired) electrons. The second kappa shape index (κ2) is 12.3. The number of anilines is 1. The fourth-order valence-corrected chi connectivity index (χ4v) is 5.12. The highest BCUT2D eigenvalue weighted by molar-refractivity contribution is 5.85. The normalized spacial score (nSPS) is 14.5. The van der Waals surface area contributed by atoms with Crippen molar-refractivity contribution in [2.75, 3.05) is 44.2 Å². The molecule has 1 fully saturated rings. The summed E-state index contributed by atoms with van der Waals surface area (Å²) in [7, 11) is 0. The van der Waals surface area contributed by atoms with Crippen LogP contribution in [0.4, 0.5) is 5.69 Å². The van der Waals surface area contributed by atoms with Crippen LogP contribution in [0, 0.1) is 13.8 Å². The summed E-state index contributed by atoms with van der Waals surface area (Å²) in [6, 6.07) is 15.0. The van der Waals surface area contributed by atoms with E-state index in [0.717, 1.165) is 57.5 Å². The molecule has 1 saturated heterocycles. The Balaban J connectivity index is 1.32. The van der Waals surface area contributed by atoms with E-state index in [1.54, 1.807) is 0 Å². The maximum Gasteiger partial charge on any atom is 0.325 e. The van der Waals surface area contributed by atoms with Crippen molar-refractivity contribution in [2.24, 2.45) is 0 Å². The predicted octanol–water partition coefficient (Wildman–Crippen LogP) is 5.75. The van der Waals surface area contributed by atoms with Gasteiger partial charge in [-0.3, -0.25) is 9.69 Å². The van der Waals surface area contributed by atoms with E-state index in [9.17, 15) is 4.79 Å². The van der Waals surface area contributed by atoms with E-state index in [-0.39, 0.29) is 12.5 Å². The van der Waals surface area contributed by atoms with Crippen molar-refractivity contribution in [3.05, 3.63) is 65.4 Å². The fraction of sp³-hybridized carbons (Fsp3) is 0.500. The van der Waals surface area contributed by atoms with Crippen LogP contribution in [0.1, 0.15) is 49.3 Å². The lowest BCUT2D eigenvalue weighted by Gasteiger charge is -2.37. The first-order chi connectivity index (χ1) is 17.1. The van der Waals surface area contributed by atoms with Gasteiger partial charge in [0.2, 0.25) is 0 Å². The Bertz CT molecular complexity index is 1110. The molecule has 5 nitrogen and oxygen atoms in total. The van der Waals surface area contributed by atoms with Crippen LogP contribution in [0.15, 0.2) is 48.7 Å². The van der Waals surface area contributed by atoms with Crippen molar-refractivity contribution in [1.82, 2.24) is 9.47 Å². The number of aryl methyl sites for hydroxylation is 1. The Kier molecular flexibility index (Phi) is 8.86. The third kappa shape index (κ3) is 6.46. The minimum atomic E-state index is -0.142. The Morgan fingerprint density at radius 1 is 0.943 bits per heavy atom. The molecule has 35 heavy (non-hydrogen) atoms. The highest BCUT2D eigenvalue weighted by atomic mass is 16.5. The van der Waals surface area contributed by atoms with E-state index in [2.05, 4.69) is 77.7 Å². The van der Waals surface area contributed by atoms with Gasteiger partial charge in [-0.15, -0.1) is 0 Å². The number of aromatic nitrogens is 1. The summed E-state index contributed by atoms with van der Waals surface area (Å²) in [4.78, 5) is 17.5. The van der Waals surface area contributed by atoms with Crippen molar-refractivity contribution in [2.45, 2.75) is 59.4 Å². The zero-order valence-corrected chi connectivity index (χ0v) is 21.8. The van der Waals surface area contributed by atoms with Crippen LogP contribution in [0.2, 0.25) is 0 Å². The molecule has 0 spiro atoms. The first kappa shape index (κ1) is 25.3. The van der Waals surface area contributed by atoms with Crippen LogP contribution in [0.3, 0.4) is 0 Å². The summed E-state index contributed by atoms with van der Waals surface area (Å²) in [5.74, 6) is -0.142. The molecule has 4 rings (SSSR count). The largest absolute Gasteiger partial charge is 0.464 e. The Morgan fingerprint density at radius 2 is 1.74 bits per heavy atom. The van der Waals surface area contributed by atoms with Gasteiger partial charge in [-0.2, -0.15) is 0 Å². The van der Waals surface area contributed by atoms with Gasteiger partial charge >= 0.3 is 5.97 Å². The first-order valence-corrected chi connectivity index (χ1v) is 13.3. The average molecular weight is 476 g/mol. The SMILES string of the molecule is CCCCCCOC(=O)Cn1cc(CCN2CCN(c3cccc(C)c3C)CC2)c2ccccc21. The quantitative estimate of drug-likeness (QED) is 0.262. The molecule has 2 aromatic carbocycles. The minimum Gasteiger partial charge on any atom is -0.464 e.